The lowest BCUT2D eigenvalue weighted by atomic mass is 10.0. The number of aliphatic hydroxyl groups excluding tert-OH is 1. The van der Waals surface area contributed by atoms with Gasteiger partial charge in [0, 0.05) is 0 Å². The highest BCUT2D eigenvalue weighted by atomic mass is 16.4. The maximum Gasteiger partial charge on any atom is 0.328 e. The Hall–Kier alpha value is -2.24. The van der Waals surface area contributed by atoms with Gasteiger partial charge in [0.1, 0.15) is 12.1 Å². The highest BCUT2D eigenvalue weighted by molar-refractivity contribution is 5.92. The molecule has 0 aliphatic heterocycles. The molecule has 0 aromatic rings. The normalized spacial score (nSPS) is 14.1. The molecule has 0 aromatic carbocycles. The van der Waals surface area contributed by atoms with Crippen LogP contribution in [0.15, 0.2) is 0 Å². The number of carboxylic acid groups (broad SMARTS) is 1. The molecule has 11 nitrogen and oxygen atoms in total. The number of hydrogen-bond donors (Lipinski definition) is 7. The minimum Gasteiger partial charge on any atom is -0.480 e. The van der Waals surface area contributed by atoms with Crippen molar-refractivity contribution in [2.45, 2.75) is 57.7 Å². The molecule has 28 heavy (non-hydrogen) atoms. The third kappa shape index (κ3) is 10.8. The minimum atomic E-state index is -1.46. The molecule has 3 amide bonds. The van der Waals surface area contributed by atoms with Crippen LogP contribution in [0.4, 0.5) is 0 Å². The van der Waals surface area contributed by atoms with Gasteiger partial charge < -0.3 is 37.6 Å². The van der Waals surface area contributed by atoms with E-state index in [9.17, 15) is 19.2 Å². The van der Waals surface area contributed by atoms with E-state index in [0.29, 0.717) is 32.2 Å². The summed E-state index contributed by atoms with van der Waals surface area (Å²) in [4.78, 5) is 47.1. The van der Waals surface area contributed by atoms with E-state index >= 15 is 0 Å². The summed E-state index contributed by atoms with van der Waals surface area (Å²) in [7, 11) is 0. The summed E-state index contributed by atoms with van der Waals surface area (Å²) in [6.45, 7) is 3.02. The van der Waals surface area contributed by atoms with Crippen molar-refractivity contribution in [1.82, 2.24) is 16.0 Å². The Morgan fingerprint density at radius 1 is 1.00 bits per heavy atom. The Labute approximate surface area is 164 Å². The lowest BCUT2D eigenvalue weighted by Gasteiger charge is -2.21. The molecule has 0 heterocycles. The number of nitrogens with one attached hydrogen (secondary N) is 3. The van der Waals surface area contributed by atoms with Crippen LogP contribution in [0.3, 0.4) is 0 Å². The molecule has 3 atom stereocenters. The number of carbonyl (C=O) groups is 4. The first-order valence-electron chi connectivity index (χ1n) is 9.29. The molecule has 0 saturated heterocycles. The molecular weight excluding hydrogens is 370 g/mol. The smallest absolute Gasteiger partial charge is 0.328 e. The molecule has 9 N–H and O–H groups in total. The van der Waals surface area contributed by atoms with Crippen LogP contribution in [0.25, 0.3) is 0 Å². The number of amides is 3. The SMILES string of the molecule is CC(C)CC(N)C(=O)NC(CCCCN)C(=O)NCC(=O)NC(CO)C(=O)O. The van der Waals surface area contributed by atoms with Gasteiger partial charge in [-0.25, -0.2) is 4.79 Å². The van der Waals surface area contributed by atoms with Gasteiger partial charge in [-0.15, -0.1) is 0 Å². The monoisotopic (exact) mass is 403 g/mol. The van der Waals surface area contributed by atoms with Crippen LogP contribution in [-0.2, 0) is 19.2 Å². The zero-order valence-electron chi connectivity index (χ0n) is 16.4. The maximum absolute atomic E-state index is 12.4. The highest BCUT2D eigenvalue weighted by Gasteiger charge is 2.25. The van der Waals surface area contributed by atoms with Gasteiger partial charge in [-0.05, 0) is 38.1 Å². The predicted octanol–water partition coefficient (Wildman–Crippen LogP) is -2.35. The second-order valence-electron chi connectivity index (χ2n) is 6.94. The fraction of sp³-hybridized carbons (Fsp3) is 0.765. The number of carbonyl (C=O) groups excluding carboxylic acids is 3. The zero-order valence-corrected chi connectivity index (χ0v) is 16.4. The Kier molecular flexibility index (Phi) is 12.7. The summed E-state index contributed by atoms with van der Waals surface area (Å²) >= 11 is 0. The number of rotatable bonds is 14. The molecule has 0 aromatic heterocycles. The van der Waals surface area contributed by atoms with Gasteiger partial charge in [-0.1, -0.05) is 13.8 Å². The summed E-state index contributed by atoms with van der Waals surface area (Å²) in [5.74, 6) is -3.01. The van der Waals surface area contributed by atoms with Crippen LogP contribution in [0.5, 0.6) is 0 Å². The number of unbranched alkanes of at least 4 members (excludes halogenated alkanes) is 1. The zero-order chi connectivity index (χ0) is 21.7. The molecule has 3 unspecified atom stereocenters. The molecule has 0 rings (SSSR count). The predicted molar refractivity (Wildman–Crippen MR) is 102 cm³/mol. The number of carboxylic acids is 1. The van der Waals surface area contributed by atoms with E-state index in [4.69, 9.17) is 21.7 Å². The molecule has 0 aliphatic rings. The molecular formula is C17H33N5O6. The lowest BCUT2D eigenvalue weighted by molar-refractivity contribution is -0.142. The highest BCUT2D eigenvalue weighted by Crippen LogP contribution is 2.05. The fourth-order valence-corrected chi connectivity index (χ4v) is 2.38. The Bertz CT molecular complexity index is 528. The molecule has 0 radical (unpaired) electrons. The van der Waals surface area contributed by atoms with Gasteiger partial charge in [0.25, 0.3) is 0 Å². The van der Waals surface area contributed by atoms with Crippen molar-refractivity contribution in [3.8, 4) is 0 Å². The molecule has 0 fully saturated rings. The van der Waals surface area contributed by atoms with Crippen LogP contribution >= 0.6 is 0 Å². The van der Waals surface area contributed by atoms with E-state index in [2.05, 4.69) is 16.0 Å². The molecule has 11 heteroatoms. The molecule has 0 saturated carbocycles. The quantitative estimate of drug-likeness (QED) is 0.156. The molecule has 0 bridgehead atoms. The first-order valence-corrected chi connectivity index (χ1v) is 9.29. The van der Waals surface area contributed by atoms with E-state index in [-0.39, 0.29) is 5.92 Å². The fourth-order valence-electron chi connectivity index (χ4n) is 2.38. The van der Waals surface area contributed by atoms with Crippen LogP contribution in [0.1, 0.15) is 39.5 Å². The minimum absolute atomic E-state index is 0.211. The third-order valence-corrected chi connectivity index (χ3v) is 3.88. The number of aliphatic carboxylic acids is 1. The Balaban J connectivity index is 4.76. The van der Waals surface area contributed by atoms with E-state index in [1.807, 2.05) is 13.8 Å². The van der Waals surface area contributed by atoms with Gasteiger partial charge >= 0.3 is 5.97 Å². The first-order chi connectivity index (χ1) is 13.1. The van der Waals surface area contributed by atoms with Crippen molar-refractivity contribution >= 4 is 23.7 Å². The van der Waals surface area contributed by atoms with Crippen molar-refractivity contribution < 1.29 is 29.4 Å². The maximum atomic E-state index is 12.4. The summed E-state index contributed by atoms with van der Waals surface area (Å²) in [5, 5.41) is 24.7. The Morgan fingerprint density at radius 3 is 2.14 bits per heavy atom. The lowest BCUT2D eigenvalue weighted by Crippen LogP contribution is -2.53. The van der Waals surface area contributed by atoms with Crippen LogP contribution in [0, 0.1) is 5.92 Å². The van der Waals surface area contributed by atoms with Crippen LogP contribution < -0.4 is 27.4 Å². The second kappa shape index (κ2) is 13.9. The molecule has 162 valence electrons. The van der Waals surface area contributed by atoms with Crippen molar-refractivity contribution in [3.63, 3.8) is 0 Å². The van der Waals surface area contributed by atoms with Gasteiger partial charge in [0.05, 0.1) is 19.2 Å². The van der Waals surface area contributed by atoms with Crippen molar-refractivity contribution in [2.75, 3.05) is 19.7 Å². The molecule has 0 aliphatic carbocycles. The third-order valence-electron chi connectivity index (χ3n) is 3.88. The first kappa shape index (κ1) is 25.8. The largest absolute Gasteiger partial charge is 0.480 e. The average molecular weight is 403 g/mol. The van der Waals surface area contributed by atoms with E-state index in [1.54, 1.807) is 0 Å². The topological polar surface area (TPSA) is 197 Å². The Morgan fingerprint density at radius 2 is 1.64 bits per heavy atom. The number of hydrogen-bond acceptors (Lipinski definition) is 7. The molecule has 0 spiro atoms. The van der Waals surface area contributed by atoms with Gasteiger partial charge in [-0.2, -0.15) is 0 Å². The van der Waals surface area contributed by atoms with Crippen molar-refractivity contribution in [3.05, 3.63) is 0 Å². The van der Waals surface area contributed by atoms with E-state index in [1.165, 1.54) is 0 Å². The van der Waals surface area contributed by atoms with E-state index in [0.717, 1.165) is 0 Å². The van der Waals surface area contributed by atoms with E-state index < -0.39 is 55.0 Å². The average Bonchev–Trinajstić information content (AvgIpc) is 2.62. The van der Waals surface area contributed by atoms with Gasteiger partial charge in [0.15, 0.2) is 0 Å². The van der Waals surface area contributed by atoms with Crippen molar-refractivity contribution in [2.24, 2.45) is 17.4 Å². The van der Waals surface area contributed by atoms with Crippen molar-refractivity contribution in [1.29, 1.82) is 0 Å². The number of aliphatic hydroxyl groups is 1. The second-order valence-corrected chi connectivity index (χ2v) is 6.94. The van der Waals surface area contributed by atoms with Crippen LogP contribution in [0.2, 0.25) is 0 Å². The summed E-state index contributed by atoms with van der Waals surface area (Å²) in [5.41, 5.74) is 11.3. The summed E-state index contributed by atoms with van der Waals surface area (Å²) < 4.78 is 0. The van der Waals surface area contributed by atoms with Gasteiger partial charge in [0.2, 0.25) is 17.7 Å². The summed E-state index contributed by atoms with van der Waals surface area (Å²) in [6, 6.07) is -3.11. The van der Waals surface area contributed by atoms with Crippen LogP contribution in [-0.4, -0.2) is 71.7 Å². The summed E-state index contributed by atoms with van der Waals surface area (Å²) in [6.07, 6.45) is 2.03. The van der Waals surface area contributed by atoms with Gasteiger partial charge in [-0.3, -0.25) is 14.4 Å². The standard InChI is InChI=1S/C17H33N5O6/c1-10(2)7-11(19)15(25)22-12(5-3-4-6-18)16(26)20-8-14(24)21-13(9-23)17(27)28/h10-13,23H,3-9,18-19H2,1-2H3,(H,20,26)(H,21,24)(H,22,25)(H,27,28). The number of nitrogens with two attached hydrogens (primary N) is 2.